The van der Waals surface area contributed by atoms with Gasteiger partial charge in [-0.3, -0.25) is 0 Å². The molecule has 9 rings (SSSR count). The fourth-order valence-corrected chi connectivity index (χ4v) is 7.09. The van der Waals surface area contributed by atoms with Crippen molar-refractivity contribution < 1.29 is 0 Å². The average Bonchev–Trinajstić information content (AvgIpc) is 3.57. The molecule has 0 saturated heterocycles. The number of aromatic nitrogens is 2. The zero-order chi connectivity index (χ0) is 27.6. The van der Waals surface area contributed by atoms with Crippen molar-refractivity contribution in [2.75, 3.05) is 0 Å². The van der Waals surface area contributed by atoms with Crippen molar-refractivity contribution in [2.45, 2.75) is 12.8 Å². The third-order valence-electron chi connectivity index (χ3n) is 8.97. The van der Waals surface area contributed by atoms with Crippen molar-refractivity contribution >= 4 is 49.6 Å². The SMILES string of the molecule is C1=Cc2c(n(-c3cccc4ccccc34)c3ccc(-c4ccc5c(c4)c4ccccc4n5-c4ccccc4)cc23)CC1. The second kappa shape index (κ2) is 9.09. The van der Waals surface area contributed by atoms with E-state index in [1.807, 2.05) is 0 Å². The highest BCUT2D eigenvalue weighted by Gasteiger charge is 2.20. The van der Waals surface area contributed by atoms with Gasteiger partial charge in [0.1, 0.15) is 0 Å². The van der Waals surface area contributed by atoms with E-state index in [0.717, 1.165) is 12.8 Å². The van der Waals surface area contributed by atoms with Crippen molar-refractivity contribution in [2.24, 2.45) is 0 Å². The molecule has 1 aliphatic carbocycles. The summed E-state index contributed by atoms with van der Waals surface area (Å²) in [6.45, 7) is 0. The maximum atomic E-state index is 2.51. The van der Waals surface area contributed by atoms with Crippen LogP contribution < -0.4 is 0 Å². The third-order valence-corrected chi connectivity index (χ3v) is 8.97. The van der Waals surface area contributed by atoms with Crippen LogP contribution in [0, 0.1) is 0 Å². The molecule has 0 aliphatic heterocycles. The van der Waals surface area contributed by atoms with Crippen LogP contribution in [0.3, 0.4) is 0 Å². The summed E-state index contributed by atoms with van der Waals surface area (Å²) in [7, 11) is 0. The monoisotopic (exact) mass is 536 g/mol. The number of hydrogen-bond donors (Lipinski definition) is 0. The lowest BCUT2D eigenvalue weighted by molar-refractivity contribution is 0.892. The van der Waals surface area contributed by atoms with Gasteiger partial charge >= 0.3 is 0 Å². The van der Waals surface area contributed by atoms with Gasteiger partial charge in [-0.15, -0.1) is 0 Å². The summed E-state index contributed by atoms with van der Waals surface area (Å²) < 4.78 is 4.89. The van der Waals surface area contributed by atoms with E-state index in [1.54, 1.807) is 0 Å². The molecule has 0 saturated carbocycles. The van der Waals surface area contributed by atoms with Crippen molar-refractivity contribution in [3.05, 3.63) is 151 Å². The molecule has 0 N–H and O–H groups in total. The second-order valence-corrected chi connectivity index (χ2v) is 11.3. The minimum atomic E-state index is 1.05. The fourth-order valence-electron chi connectivity index (χ4n) is 7.09. The van der Waals surface area contributed by atoms with Crippen molar-refractivity contribution in [1.82, 2.24) is 9.13 Å². The zero-order valence-corrected chi connectivity index (χ0v) is 23.2. The van der Waals surface area contributed by atoms with Crippen LogP contribution in [0.25, 0.3) is 72.1 Å². The first-order valence-corrected chi connectivity index (χ1v) is 14.8. The number of hydrogen-bond acceptors (Lipinski definition) is 0. The highest BCUT2D eigenvalue weighted by atomic mass is 15.0. The summed E-state index contributed by atoms with van der Waals surface area (Å²) in [4.78, 5) is 0. The van der Waals surface area contributed by atoms with Gasteiger partial charge in [-0.1, -0.05) is 97.1 Å². The van der Waals surface area contributed by atoms with Crippen molar-refractivity contribution in [3.8, 4) is 22.5 Å². The molecule has 0 atom stereocenters. The molecule has 2 heteroatoms. The molecule has 6 aromatic carbocycles. The number of benzene rings is 6. The Hall–Kier alpha value is -5.34. The maximum Gasteiger partial charge on any atom is 0.0541 e. The molecular weight excluding hydrogens is 508 g/mol. The van der Waals surface area contributed by atoms with Crippen LogP contribution in [0.1, 0.15) is 17.7 Å². The van der Waals surface area contributed by atoms with E-state index in [0.29, 0.717) is 0 Å². The molecule has 0 radical (unpaired) electrons. The van der Waals surface area contributed by atoms with Gasteiger partial charge in [-0.2, -0.15) is 0 Å². The second-order valence-electron chi connectivity index (χ2n) is 11.3. The average molecular weight is 537 g/mol. The molecule has 2 nitrogen and oxygen atoms in total. The van der Waals surface area contributed by atoms with Crippen LogP contribution in [0.4, 0.5) is 0 Å². The van der Waals surface area contributed by atoms with Gasteiger partial charge < -0.3 is 9.13 Å². The fraction of sp³-hybridized carbons (Fsp3) is 0.0500. The lowest BCUT2D eigenvalue weighted by Gasteiger charge is -2.15. The first-order valence-electron chi connectivity index (χ1n) is 14.8. The van der Waals surface area contributed by atoms with E-state index in [4.69, 9.17) is 0 Å². The summed E-state index contributed by atoms with van der Waals surface area (Å²) >= 11 is 0. The quantitative estimate of drug-likeness (QED) is 0.213. The molecule has 0 unspecified atom stereocenters. The van der Waals surface area contributed by atoms with Gasteiger partial charge in [-0.05, 0) is 77.9 Å². The van der Waals surface area contributed by atoms with Crippen LogP contribution in [0.5, 0.6) is 0 Å². The van der Waals surface area contributed by atoms with Gasteiger partial charge in [0, 0.05) is 38.5 Å². The lowest BCUT2D eigenvalue weighted by atomic mass is 9.98. The lowest BCUT2D eigenvalue weighted by Crippen LogP contribution is -2.03. The standard InChI is InChI=1S/C40H28N2/c1-2-13-30(14-3-1)41-37-18-8-6-16-32(37)34-25-28(21-23-39(34)41)29-22-24-40-35(26-29)33-17-7-9-19-38(33)42(40)36-20-10-12-27-11-4-5-15-31(27)36/h1-8,10-18,20-26H,9,19H2. The molecule has 198 valence electrons. The summed E-state index contributed by atoms with van der Waals surface area (Å²) in [5.74, 6) is 0. The van der Waals surface area contributed by atoms with Crippen LogP contribution in [0.15, 0.2) is 140 Å². The van der Waals surface area contributed by atoms with Gasteiger partial charge in [0.2, 0.25) is 0 Å². The van der Waals surface area contributed by atoms with E-state index in [9.17, 15) is 0 Å². The molecule has 0 spiro atoms. The summed E-state index contributed by atoms with van der Waals surface area (Å²) in [5, 5.41) is 6.44. The van der Waals surface area contributed by atoms with Crippen LogP contribution in [-0.4, -0.2) is 9.13 Å². The molecule has 42 heavy (non-hydrogen) atoms. The Labute approximate surface area is 244 Å². The Kier molecular flexibility index (Phi) is 5.06. The van der Waals surface area contributed by atoms with E-state index in [1.165, 1.54) is 77.2 Å². The Morgan fingerprint density at radius 2 is 1.14 bits per heavy atom. The van der Waals surface area contributed by atoms with Gasteiger partial charge in [0.15, 0.2) is 0 Å². The summed E-state index contributed by atoms with van der Waals surface area (Å²) in [6.07, 6.45) is 6.78. The Balaban J connectivity index is 1.26. The van der Waals surface area contributed by atoms with Gasteiger partial charge in [0.25, 0.3) is 0 Å². The molecule has 8 aromatic rings. The van der Waals surface area contributed by atoms with Crippen LogP contribution in [0.2, 0.25) is 0 Å². The first-order chi connectivity index (χ1) is 20.8. The molecule has 0 fully saturated rings. The molecule has 2 aromatic heterocycles. The minimum absolute atomic E-state index is 1.05. The first kappa shape index (κ1) is 23.4. The molecule has 0 bridgehead atoms. The third kappa shape index (κ3) is 3.39. The highest BCUT2D eigenvalue weighted by molar-refractivity contribution is 6.10. The molecule has 2 heterocycles. The normalized spacial score (nSPS) is 13.0. The van der Waals surface area contributed by atoms with Crippen molar-refractivity contribution in [1.29, 1.82) is 0 Å². The minimum Gasteiger partial charge on any atom is -0.312 e. The number of para-hydroxylation sites is 2. The predicted octanol–water partition coefficient (Wildman–Crippen LogP) is 10.5. The smallest absolute Gasteiger partial charge is 0.0541 e. The summed E-state index contributed by atoms with van der Waals surface area (Å²) in [6, 6.07) is 48.8. The van der Waals surface area contributed by atoms with E-state index >= 15 is 0 Å². The van der Waals surface area contributed by atoms with E-state index < -0.39 is 0 Å². The molecule has 0 amide bonds. The maximum absolute atomic E-state index is 2.51. The molecular formula is C40H28N2. The van der Waals surface area contributed by atoms with Gasteiger partial charge in [0.05, 0.1) is 22.2 Å². The molecule has 1 aliphatic rings. The number of fused-ring (bicyclic) bond motifs is 7. The van der Waals surface area contributed by atoms with Crippen LogP contribution >= 0.6 is 0 Å². The number of nitrogens with zero attached hydrogens (tertiary/aromatic N) is 2. The number of rotatable bonds is 3. The highest BCUT2D eigenvalue weighted by Crippen LogP contribution is 2.39. The Bertz CT molecular complexity index is 2340. The van der Waals surface area contributed by atoms with Gasteiger partial charge in [-0.25, -0.2) is 0 Å². The topological polar surface area (TPSA) is 9.86 Å². The Morgan fingerprint density at radius 1 is 0.476 bits per heavy atom. The van der Waals surface area contributed by atoms with Crippen molar-refractivity contribution in [3.63, 3.8) is 0 Å². The largest absolute Gasteiger partial charge is 0.312 e. The van der Waals surface area contributed by atoms with E-state index in [2.05, 4.69) is 155 Å². The number of allylic oxidation sites excluding steroid dienone is 1. The zero-order valence-electron chi connectivity index (χ0n) is 23.2. The predicted molar refractivity (Wildman–Crippen MR) is 178 cm³/mol. The van der Waals surface area contributed by atoms with Crippen LogP contribution in [-0.2, 0) is 6.42 Å². The van der Waals surface area contributed by atoms with E-state index in [-0.39, 0.29) is 0 Å². The Morgan fingerprint density at radius 3 is 2.00 bits per heavy atom. The summed E-state index contributed by atoms with van der Waals surface area (Å²) in [5.41, 5.74) is 11.4.